The Morgan fingerprint density at radius 1 is 1.04 bits per heavy atom. The molecule has 0 unspecified atom stereocenters. The second kappa shape index (κ2) is 6.98. The van der Waals surface area contributed by atoms with E-state index in [1.165, 1.54) is 0 Å². The summed E-state index contributed by atoms with van der Waals surface area (Å²) in [4.78, 5) is 16.8. The first kappa shape index (κ1) is 17.9. The van der Waals surface area contributed by atoms with E-state index < -0.39 is 5.60 Å². The van der Waals surface area contributed by atoms with Gasteiger partial charge < -0.3 is 15.7 Å². The Morgan fingerprint density at radius 3 is 2.09 bits per heavy atom. The van der Waals surface area contributed by atoms with Gasteiger partial charge in [0, 0.05) is 12.6 Å². The lowest BCUT2D eigenvalue weighted by Gasteiger charge is -2.19. The van der Waals surface area contributed by atoms with Gasteiger partial charge in [-0.25, -0.2) is 9.97 Å². The summed E-state index contributed by atoms with van der Waals surface area (Å²) < 4.78 is 0. The number of rotatable bonds is 6. The van der Waals surface area contributed by atoms with Gasteiger partial charge >= 0.3 is 0 Å². The highest BCUT2D eigenvalue weighted by Gasteiger charge is 2.18. The minimum atomic E-state index is -0.918. The topological polar surface area (TPSA) is 95.9 Å². The molecule has 0 saturated carbocycles. The molecular formula is C14H20Cl2N6O. The van der Waals surface area contributed by atoms with Crippen LogP contribution in [0.1, 0.15) is 34.1 Å². The lowest BCUT2D eigenvalue weighted by Crippen LogP contribution is -2.29. The third kappa shape index (κ3) is 4.76. The van der Waals surface area contributed by atoms with Gasteiger partial charge in [0.25, 0.3) is 0 Å². The van der Waals surface area contributed by atoms with E-state index in [0.29, 0.717) is 22.7 Å². The van der Waals surface area contributed by atoms with E-state index in [9.17, 15) is 5.11 Å². The van der Waals surface area contributed by atoms with E-state index >= 15 is 0 Å². The van der Waals surface area contributed by atoms with Crippen molar-refractivity contribution in [2.24, 2.45) is 0 Å². The number of aromatic nitrogens is 4. The number of nitrogens with zero attached hydrogens (tertiary/aromatic N) is 4. The van der Waals surface area contributed by atoms with Crippen molar-refractivity contribution in [3.8, 4) is 0 Å². The summed E-state index contributed by atoms with van der Waals surface area (Å²) >= 11 is 12.0. The van der Waals surface area contributed by atoms with Gasteiger partial charge in [0.1, 0.15) is 11.0 Å². The van der Waals surface area contributed by atoms with E-state index in [1.54, 1.807) is 13.8 Å². The lowest BCUT2D eigenvalue weighted by molar-refractivity contribution is 0.0944. The van der Waals surface area contributed by atoms with Crippen LogP contribution in [-0.2, 0) is 0 Å². The molecule has 0 aliphatic carbocycles. The van der Waals surface area contributed by atoms with E-state index in [1.807, 2.05) is 6.92 Å². The molecule has 0 bridgehead atoms. The fraction of sp³-hybridized carbons (Fsp3) is 0.571. The minimum Gasteiger partial charge on any atom is -0.389 e. The van der Waals surface area contributed by atoms with Gasteiger partial charge in [0.2, 0.25) is 10.6 Å². The maximum Gasteiger partial charge on any atom is 0.225 e. The van der Waals surface area contributed by atoms with Crippen molar-refractivity contribution in [1.29, 1.82) is 0 Å². The molecule has 0 amide bonds. The number of aliphatic hydroxyl groups is 1. The quantitative estimate of drug-likeness (QED) is 0.682. The van der Waals surface area contributed by atoms with Crippen LogP contribution < -0.4 is 10.6 Å². The Kier molecular flexibility index (Phi) is 5.44. The summed E-state index contributed by atoms with van der Waals surface area (Å²) in [5, 5.41) is 16.3. The predicted molar refractivity (Wildman–Crippen MR) is 93.3 cm³/mol. The predicted octanol–water partition coefficient (Wildman–Crippen LogP) is 3.12. The maximum atomic E-state index is 9.87. The molecule has 23 heavy (non-hydrogen) atoms. The summed E-state index contributed by atoms with van der Waals surface area (Å²) in [5.41, 5.74) is 0.00987. The summed E-state index contributed by atoms with van der Waals surface area (Å²) in [6.45, 7) is 7.72. The molecule has 0 aromatic carbocycles. The number of hydrogen-bond donors (Lipinski definition) is 3. The molecule has 9 heteroatoms. The second-order valence-corrected chi connectivity index (χ2v) is 6.68. The Bertz CT molecular complexity index is 704. The zero-order valence-corrected chi connectivity index (χ0v) is 15.0. The van der Waals surface area contributed by atoms with Crippen LogP contribution in [-0.4, -0.2) is 43.2 Å². The Labute approximate surface area is 144 Å². The van der Waals surface area contributed by atoms with Crippen molar-refractivity contribution in [1.82, 2.24) is 19.9 Å². The molecule has 7 nitrogen and oxygen atoms in total. The van der Waals surface area contributed by atoms with E-state index in [4.69, 9.17) is 23.2 Å². The second-order valence-electron chi connectivity index (χ2n) is 6.00. The standard InChI is InChI=1S/C14H20Cl2N6O/c1-5-7(2)18-11-9-8(19-13(16)22-11)10(21-12(15)20-9)17-6-14(3,4)23/h7,23H,5-6H2,1-4H3,(H,17,20,21)(H,18,19,22)/t7-/m1/s1. The van der Waals surface area contributed by atoms with Gasteiger partial charge in [-0.1, -0.05) is 6.92 Å². The number of anilines is 2. The van der Waals surface area contributed by atoms with Crippen LogP contribution in [0.4, 0.5) is 11.6 Å². The summed E-state index contributed by atoms with van der Waals surface area (Å²) in [5.74, 6) is 0.906. The highest BCUT2D eigenvalue weighted by molar-refractivity contribution is 6.30. The van der Waals surface area contributed by atoms with Gasteiger partial charge in [-0.15, -0.1) is 0 Å². The van der Waals surface area contributed by atoms with Gasteiger partial charge in [0.15, 0.2) is 11.6 Å². The van der Waals surface area contributed by atoms with Crippen LogP contribution in [0.2, 0.25) is 10.6 Å². The van der Waals surface area contributed by atoms with Crippen LogP contribution in [0.25, 0.3) is 11.0 Å². The highest BCUT2D eigenvalue weighted by Crippen LogP contribution is 2.27. The van der Waals surface area contributed by atoms with Crippen LogP contribution in [0.3, 0.4) is 0 Å². The molecule has 0 radical (unpaired) electrons. The highest BCUT2D eigenvalue weighted by atomic mass is 35.5. The van der Waals surface area contributed by atoms with Crippen molar-refractivity contribution in [3.63, 3.8) is 0 Å². The average Bonchev–Trinajstić information content (AvgIpc) is 2.44. The molecule has 2 aromatic heterocycles. The number of halogens is 2. The van der Waals surface area contributed by atoms with E-state index in [2.05, 4.69) is 37.5 Å². The normalized spacial score (nSPS) is 13.2. The summed E-state index contributed by atoms with van der Waals surface area (Å²) in [6.07, 6.45) is 0.908. The first-order valence-electron chi connectivity index (χ1n) is 7.33. The van der Waals surface area contributed by atoms with Crippen molar-refractivity contribution >= 4 is 45.9 Å². The van der Waals surface area contributed by atoms with Crippen LogP contribution in [0, 0.1) is 0 Å². The van der Waals surface area contributed by atoms with Crippen molar-refractivity contribution in [3.05, 3.63) is 10.6 Å². The summed E-state index contributed by atoms with van der Waals surface area (Å²) in [6, 6.07) is 0.186. The molecule has 0 aliphatic heterocycles. The Balaban J connectivity index is 2.52. The van der Waals surface area contributed by atoms with Crippen molar-refractivity contribution < 1.29 is 5.11 Å². The lowest BCUT2D eigenvalue weighted by atomic mass is 10.1. The third-order valence-electron chi connectivity index (χ3n) is 3.17. The molecule has 0 fully saturated rings. The fourth-order valence-electron chi connectivity index (χ4n) is 1.82. The number of nitrogens with one attached hydrogen (secondary N) is 2. The zero-order valence-electron chi connectivity index (χ0n) is 13.5. The summed E-state index contributed by atoms with van der Waals surface area (Å²) in [7, 11) is 0. The molecule has 2 aromatic rings. The van der Waals surface area contributed by atoms with E-state index in [0.717, 1.165) is 6.42 Å². The van der Waals surface area contributed by atoms with Crippen LogP contribution in [0.5, 0.6) is 0 Å². The van der Waals surface area contributed by atoms with Gasteiger partial charge in [-0.05, 0) is 50.4 Å². The van der Waals surface area contributed by atoms with Crippen molar-refractivity contribution in [2.75, 3.05) is 17.2 Å². The molecule has 2 rings (SSSR count). The van der Waals surface area contributed by atoms with Crippen LogP contribution >= 0.6 is 23.2 Å². The number of fused-ring (bicyclic) bond motifs is 1. The fourth-order valence-corrected chi connectivity index (χ4v) is 2.16. The van der Waals surface area contributed by atoms with Crippen molar-refractivity contribution in [2.45, 2.75) is 45.8 Å². The average molecular weight is 359 g/mol. The molecule has 3 N–H and O–H groups in total. The SMILES string of the molecule is CC[C@@H](C)Nc1nc(Cl)nc2c(NCC(C)(C)O)nc(Cl)nc12. The monoisotopic (exact) mass is 358 g/mol. The molecule has 1 atom stereocenters. The minimum absolute atomic E-state index is 0.0638. The van der Waals surface area contributed by atoms with Gasteiger partial charge in [-0.3, -0.25) is 0 Å². The maximum absolute atomic E-state index is 9.87. The van der Waals surface area contributed by atoms with Crippen LogP contribution in [0.15, 0.2) is 0 Å². The smallest absolute Gasteiger partial charge is 0.225 e. The molecule has 0 spiro atoms. The van der Waals surface area contributed by atoms with E-state index in [-0.39, 0.29) is 23.2 Å². The molecule has 2 heterocycles. The molecule has 0 saturated heterocycles. The molecule has 126 valence electrons. The number of hydrogen-bond acceptors (Lipinski definition) is 7. The van der Waals surface area contributed by atoms with Gasteiger partial charge in [-0.2, -0.15) is 9.97 Å². The first-order chi connectivity index (χ1) is 10.7. The molecular weight excluding hydrogens is 339 g/mol. The largest absolute Gasteiger partial charge is 0.389 e. The third-order valence-corrected chi connectivity index (χ3v) is 3.51. The molecule has 0 aliphatic rings. The Hall–Kier alpha value is -1.44. The zero-order chi connectivity index (χ0) is 17.2. The van der Waals surface area contributed by atoms with Gasteiger partial charge in [0.05, 0.1) is 5.60 Å². The Morgan fingerprint density at radius 2 is 1.57 bits per heavy atom. The first-order valence-corrected chi connectivity index (χ1v) is 8.08.